The highest BCUT2D eigenvalue weighted by atomic mass is 16.1. The minimum absolute atomic E-state index is 0.158. The lowest BCUT2D eigenvalue weighted by Crippen LogP contribution is -2.44. The number of ketones is 1. The molecule has 7 aliphatic rings. The van der Waals surface area contributed by atoms with Crippen LogP contribution < -0.4 is 0 Å². The largest absolute Gasteiger partial charge is 0.299 e. The van der Waals surface area contributed by atoms with Crippen molar-refractivity contribution in [1.82, 2.24) is 0 Å². The number of carbonyl (C=O) groups is 1. The average molecular weight is 276 g/mol. The van der Waals surface area contributed by atoms with Gasteiger partial charge in [0.2, 0.25) is 0 Å². The zero-order chi connectivity index (χ0) is 13.6. The fourth-order valence-corrected chi connectivity index (χ4v) is 9.58. The van der Waals surface area contributed by atoms with Crippen LogP contribution in [0.2, 0.25) is 0 Å². The Bertz CT molecular complexity index is 708. The van der Waals surface area contributed by atoms with Crippen LogP contribution in [0.4, 0.5) is 0 Å². The number of rotatable bonds is 1. The first-order valence-electron chi connectivity index (χ1n) is 8.92. The lowest BCUT2D eigenvalue weighted by atomic mass is 9.57. The van der Waals surface area contributed by atoms with Crippen LogP contribution >= 0.6 is 0 Å². The summed E-state index contributed by atoms with van der Waals surface area (Å²) in [5, 5.41) is 0. The molecule has 7 fully saturated rings. The van der Waals surface area contributed by atoms with Crippen LogP contribution in [0.15, 0.2) is 30.3 Å². The van der Waals surface area contributed by atoms with E-state index in [0.29, 0.717) is 11.3 Å². The summed E-state index contributed by atoms with van der Waals surface area (Å²) in [4.78, 5) is 13.2. The normalized spacial score (nSPS) is 63.4. The van der Waals surface area contributed by atoms with Crippen molar-refractivity contribution in [2.45, 2.75) is 31.1 Å². The van der Waals surface area contributed by atoms with Gasteiger partial charge in [-0.3, -0.25) is 4.79 Å². The summed E-state index contributed by atoms with van der Waals surface area (Å²) >= 11 is 0. The van der Waals surface area contributed by atoms with Gasteiger partial charge in [-0.05, 0) is 60.3 Å². The minimum Gasteiger partial charge on any atom is -0.299 e. The summed E-state index contributed by atoms with van der Waals surface area (Å²) in [7, 11) is 0. The lowest BCUT2D eigenvalue weighted by molar-refractivity contribution is -0.128. The Morgan fingerprint density at radius 1 is 0.952 bits per heavy atom. The van der Waals surface area contributed by atoms with E-state index in [1.807, 2.05) is 0 Å². The van der Waals surface area contributed by atoms with Crippen molar-refractivity contribution in [3.05, 3.63) is 35.9 Å². The maximum Gasteiger partial charge on any atom is 0.143 e. The number of benzene rings is 1. The van der Waals surface area contributed by atoms with E-state index in [0.717, 1.165) is 41.3 Å². The summed E-state index contributed by atoms with van der Waals surface area (Å²) in [6.45, 7) is 0. The van der Waals surface area contributed by atoms with Crippen LogP contribution in [0.1, 0.15) is 31.2 Å². The van der Waals surface area contributed by atoms with Crippen LogP contribution in [-0.4, -0.2) is 5.78 Å². The first-order chi connectivity index (χ1) is 10.3. The standard InChI is InChI=1S/C20H20O/c21-18-14-12-9-11-13(14)17-19(10-5-2-1-3-6-10)7-4-8-20(17,18)16(12)15(11)19/h1-3,5-6,11-17H,4,7-9H2. The Hall–Kier alpha value is -1.11. The topological polar surface area (TPSA) is 17.1 Å². The molecule has 7 saturated carbocycles. The van der Waals surface area contributed by atoms with E-state index < -0.39 is 0 Å². The molecule has 1 heteroatoms. The summed E-state index contributed by atoms with van der Waals surface area (Å²) in [6.07, 6.45) is 5.30. The van der Waals surface area contributed by atoms with Gasteiger partial charge in [-0.15, -0.1) is 0 Å². The summed E-state index contributed by atoms with van der Waals surface area (Å²) in [6, 6.07) is 11.4. The zero-order valence-electron chi connectivity index (χ0n) is 12.2. The minimum atomic E-state index is 0.158. The Kier molecular flexibility index (Phi) is 1.39. The van der Waals surface area contributed by atoms with Crippen LogP contribution in [0, 0.1) is 46.8 Å². The van der Waals surface area contributed by atoms with Crippen molar-refractivity contribution >= 4 is 5.78 Å². The van der Waals surface area contributed by atoms with Gasteiger partial charge in [-0.25, -0.2) is 0 Å². The van der Waals surface area contributed by atoms with Crippen LogP contribution in [0.3, 0.4) is 0 Å². The molecule has 7 bridgehead atoms. The van der Waals surface area contributed by atoms with Gasteiger partial charge >= 0.3 is 0 Å². The molecule has 0 heterocycles. The average Bonchev–Trinajstić information content (AvgIpc) is 3.23. The van der Waals surface area contributed by atoms with Crippen LogP contribution in [-0.2, 0) is 10.2 Å². The predicted octanol–water partition coefficient (Wildman–Crippen LogP) is 3.44. The van der Waals surface area contributed by atoms with E-state index in [1.54, 1.807) is 5.56 Å². The molecule has 0 saturated heterocycles. The van der Waals surface area contributed by atoms with Crippen molar-refractivity contribution in [3.63, 3.8) is 0 Å². The highest BCUT2D eigenvalue weighted by molar-refractivity contribution is 5.96. The van der Waals surface area contributed by atoms with Gasteiger partial charge in [0.15, 0.2) is 0 Å². The molecular weight excluding hydrogens is 256 g/mol. The molecule has 1 aromatic rings. The molecule has 1 spiro atoms. The Morgan fingerprint density at radius 2 is 1.71 bits per heavy atom. The Balaban J connectivity index is 1.59. The summed E-state index contributed by atoms with van der Waals surface area (Å²) in [5.41, 5.74) is 2.15. The maximum atomic E-state index is 13.2. The molecule has 106 valence electrons. The highest BCUT2D eigenvalue weighted by Crippen LogP contribution is 2.92. The molecule has 1 aromatic carbocycles. The highest BCUT2D eigenvalue weighted by Gasteiger charge is 2.93. The molecule has 0 aromatic heterocycles. The van der Waals surface area contributed by atoms with E-state index in [4.69, 9.17) is 0 Å². The zero-order valence-corrected chi connectivity index (χ0v) is 12.2. The Morgan fingerprint density at radius 3 is 2.57 bits per heavy atom. The molecule has 21 heavy (non-hydrogen) atoms. The van der Waals surface area contributed by atoms with E-state index in [2.05, 4.69) is 30.3 Å². The Labute approximate surface area is 125 Å². The lowest BCUT2D eigenvalue weighted by Gasteiger charge is -2.45. The molecule has 0 amide bonds. The van der Waals surface area contributed by atoms with Gasteiger partial charge in [0.25, 0.3) is 0 Å². The number of hydrogen-bond acceptors (Lipinski definition) is 1. The monoisotopic (exact) mass is 276 g/mol. The first-order valence-corrected chi connectivity index (χ1v) is 8.92. The van der Waals surface area contributed by atoms with Gasteiger partial charge in [-0.1, -0.05) is 36.8 Å². The molecule has 0 N–H and O–H groups in total. The van der Waals surface area contributed by atoms with Crippen molar-refractivity contribution in [2.24, 2.45) is 46.8 Å². The second-order valence-electron chi connectivity index (χ2n) is 8.86. The fraction of sp³-hybridized carbons (Fsp3) is 0.650. The van der Waals surface area contributed by atoms with Crippen molar-refractivity contribution in [3.8, 4) is 0 Å². The van der Waals surface area contributed by atoms with Crippen molar-refractivity contribution in [2.75, 3.05) is 0 Å². The molecule has 1 nitrogen and oxygen atoms in total. The second-order valence-corrected chi connectivity index (χ2v) is 8.86. The molecule has 7 aliphatic carbocycles. The van der Waals surface area contributed by atoms with E-state index >= 15 is 0 Å². The first kappa shape index (κ1) is 10.6. The molecule has 0 aliphatic heterocycles. The fourth-order valence-electron chi connectivity index (χ4n) is 9.58. The number of hydrogen-bond donors (Lipinski definition) is 0. The SMILES string of the molecule is O=C1C2C3CC4C2C2C15CCCC2(c1ccccc1)C4C35. The van der Waals surface area contributed by atoms with Gasteiger partial charge < -0.3 is 0 Å². The summed E-state index contributed by atoms with van der Waals surface area (Å²) < 4.78 is 0. The van der Waals surface area contributed by atoms with Gasteiger partial charge in [0.1, 0.15) is 5.78 Å². The smallest absolute Gasteiger partial charge is 0.143 e. The molecule has 9 unspecified atom stereocenters. The van der Waals surface area contributed by atoms with Gasteiger partial charge in [0, 0.05) is 16.7 Å². The molecule has 8 rings (SSSR count). The quantitative estimate of drug-likeness (QED) is 0.768. The van der Waals surface area contributed by atoms with E-state index in [1.165, 1.54) is 25.7 Å². The van der Waals surface area contributed by atoms with Crippen LogP contribution in [0.25, 0.3) is 0 Å². The number of carbonyl (C=O) groups excluding carboxylic acids is 1. The molecular formula is C20H20O. The predicted molar refractivity (Wildman–Crippen MR) is 78.5 cm³/mol. The van der Waals surface area contributed by atoms with E-state index in [9.17, 15) is 4.79 Å². The van der Waals surface area contributed by atoms with Crippen LogP contribution in [0.5, 0.6) is 0 Å². The number of Topliss-reactive ketones (excluding diaryl/α,β-unsaturated/α-hetero) is 1. The third-order valence-electron chi connectivity index (χ3n) is 9.16. The molecule has 9 atom stereocenters. The third-order valence-corrected chi connectivity index (χ3v) is 9.16. The third kappa shape index (κ3) is 0.714. The summed E-state index contributed by atoms with van der Waals surface area (Å²) in [5.74, 6) is 6.14. The van der Waals surface area contributed by atoms with Gasteiger partial charge in [-0.2, -0.15) is 0 Å². The van der Waals surface area contributed by atoms with Crippen molar-refractivity contribution in [1.29, 1.82) is 0 Å². The molecule has 0 radical (unpaired) electrons. The maximum absolute atomic E-state index is 13.2. The van der Waals surface area contributed by atoms with Gasteiger partial charge in [0.05, 0.1) is 0 Å². The van der Waals surface area contributed by atoms with Crippen molar-refractivity contribution < 1.29 is 4.79 Å². The van der Waals surface area contributed by atoms with E-state index in [-0.39, 0.29) is 5.41 Å². The second kappa shape index (κ2) is 2.75.